The highest BCUT2D eigenvalue weighted by Gasteiger charge is 2.12. The molecule has 0 aliphatic rings. The molecule has 16 heavy (non-hydrogen) atoms. The molecule has 2 amide bonds. The Hall–Kier alpha value is -1.30. The third kappa shape index (κ3) is 8.05. The first-order chi connectivity index (χ1) is 7.43. The van der Waals surface area contributed by atoms with Gasteiger partial charge in [-0.3, -0.25) is 4.79 Å². The second-order valence-electron chi connectivity index (χ2n) is 3.97. The second-order valence-corrected chi connectivity index (χ2v) is 3.97. The maximum Gasteiger partial charge on any atom is 0.325 e. The van der Waals surface area contributed by atoms with Crippen molar-refractivity contribution in [3.05, 3.63) is 0 Å². The summed E-state index contributed by atoms with van der Waals surface area (Å²) in [7, 11) is 3.99. The van der Waals surface area contributed by atoms with Crippen LogP contribution < -0.4 is 10.6 Å². The number of unbranched alkanes of at least 4 members (excludes halogenated alkanes) is 1. The summed E-state index contributed by atoms with van der Waals surface area (Å²) in [4.78, 5) is 23.7. The Morgan fingerprint density at radius 2 is 1.94 bits per heavy atom. The first kappa shape index (κ1) is 14.7. The minimum absolute atomic E-state index is 0.431. The quantitative estimate of drug-likeness (QED) is 0.543. The van der Waals surface area contributed by atoms with E-state index in [0.717, 1.165) is 19.4 Å². The van der Waals surface area contributed by atoms with Crippen LogP contribution in [0.15, 0.2) is 0 Å². The molecule has 1 atom stereocenters. The summed E-state index contributed by atoms with van der Waals surface area (Å²) < 4.78 is 0. The summed E-state index contributed by atoms with van der Waals surface area (Å²) in [5.41, 5.74) is 0. The molecular weight excluding hydrogens is 210 g/mol. The lowest BCUT2D eigenvalue weighted by Crippen LogP contribution is -2.44. The molecule has 0 saturated carbocycles. The van der Waals surface area contributed by atoms with Gasteiger partial charge in [0.25, 0.3) is 0 Å². The molecular formula is C10H21N3O3. The minimum atomic E-state index is -1.04. The molecule has 0 spiro atoms. The number of urea groups is 1. The molecule has 0 unspecified atom stereocenters. The molecule has 0 radical (unpaired) electrons. The van der Waals surface area contributed by atoms with Gasteiger partial charge in [0.15, 0.2) is 0 Å². The van der Waals surface area contributed by atoms with Gasteiger partial charge in [0.05, 0.1) is 0 Å². The first-order valence-corrected chi connectivity index (χ1v) is 5.35. The molecule has 0 aromatic rings. The number of aliphatic carboxylic acids is 1. The summed E-state index contributed by atoms with van der Waals surface area (Å²) >= 11 is 0. The highest BCUT2D eigenvalue weighted by atomic mass is 16.4. The summed E-state index contributed by atoms with van der Waals surface area (Å²) in [5.74, 6) is -1.04. The van der Waals surface area contributed by atoms with Crippen LogP contribution in [0.25, 0.3) is 0 Å². The molecule has 0 aromatic carbocycles. The number of nitrogens with one attached hydrogen (secondary N) is 2. The molecule has 6 nitrogen and oxygen atoms in total. The van der Waals surface area contributed by atoms with E-state index in [4.69, 9.17) is 5.11 Å². The Morgan fingerprint density at radius 3 is 2.44 bits per heavy atom. The van der Waals surface area contributed by atoms with Crippen molar-refractivity contribution < 1.29 is 14.7 Å². The fourth-order valence-corrected chi connectivity index (χ4v) is 1.06. The van der Waals surface area contributed by atoms with Crippen molar-refractivity contribution in [3.63, 3.8) is 0 Å². The zero-order valence-electron chi connectivity index (χ0n) is 10.1. The van der Waals surface area contributed by atoms with Crippen molar-refractivity contribution in [1.29, 1.82) is 0 Å². The van der Waals surface area contributed by atoms with Gasteiger partial charge in [0.1, 0.15) is 6.04 Å². The zero-order valence-corrected chi connectivity index (χ0v) is 10.1. The number of carboxylic acid groups (broad SMARTS) is 1. The van der Waals surface area contributed by atoms with Crippen molar-refractivity contribution in [2.24, 2.45) is 0 Å². The van der Waals surface area contributed by atoms with E-state index in [2.05, 4.69) is 15.5 Å². The topological polar surface area (TPSA) is 81.7 Å². The van der Waals surface area contributed by atoms with Gasteiger partial charge in [-0.05, 0) is 40.4 Å². The Balaban J connectivity index is 3.48. The van der Waals surface area contributed by atoms with Crippen LogP contribution >= 0.6 is 0 Å². The summed E-state index contributed by atoms with van der Waals surface area (Å²) in [6.45, 7) is 2.97. The van der Waals surface area contributed by atoms with Gasteiger partial charge in [-0.25, -0.2) is 4.79 Å². The second kappa shape index (κ2) is 7.92. The Labute approximate surface area is 96.0 Å². The van der Waals surface area contributed by atoms with Gasteiger partial charge in [-0.2, -0.15) is 0 Å². The van der Waals surface area contributed by atoms with Gasteiger partial charge in [0, 0.05) is 6.54 Å². The highest BCUT2D eigenvalue weighted by molar-refractivity contribution is 5.82. The number of hydrogen-bond acceptors (Lipinski definition) is 3. The zero-order chi connectivity index (χ0) is 12.6. The van der Waals surface area contributed by atoms with Crippen LogP contribution in [0.1, 0.15) is 19.8 Å². The SMILES string of the molecule is C[C@H](NC(=O)NCCCCN(C)C)C(=O)O. The molecule has 0 fully saturated rings. The van der Waals surface area contributed by atoms with Crippen molar-refractivity contribution in [3.8, 4) is 0 Å². The lowest BCUT2D eigenvalue weighted by Gasteiger charge is -2.11. The van der Waals surface area contributed by atoms with Crippen LogP contribution in [0, 0.1) is 0 Å². The van der Waals surface area contributed by atoms with Crippen molar-refractivity contribution in [1.82, 2.24) is 15.5 Å². The van der Waals surface area contributed by atoms with E-state index < -0.39 is 18.0 Å². The molecule has 0 aliphatic carbocycles. The Morgan fingerprint density at radius 1 is 1.31 bits per heavy atom. The van der Waals surface area contributed by atoms with Crippen LogP contribution in [-0.4, -0.2) is 55.2 Å². The third-order valence-electron chi connectivity index (χ3n) is 2.04. The lowest BCUT2D eigenvalue weighted by molar-refractivity contribution is -0.138. The lowest BCUT2D eigenvalue weighted by atomic mass is 10.3. The number of hydrogen-bond donors (Lipinski definition) is 3. The Bertz CT molecular complexity index is 231. The van der Waals surface area contributed by atoms with Gasteiger partial charge >= 0.3 is 12.0 Å². The molecule has 3 N–H and O–H groups in total. The largest absolute Gasteiger partial charge is 0.480 e. The maximum atomic E-state index is 11.2. The molecule has 0 bridgehead atoms. The van der Waals surface area contributed by atoms with Gasteiger partial charge in [-0.15, -0.1) is 0 Å². The molecule has 0 aromatic heterocycles. The predicted molar refractivity (Wildman–Crippen MR) is 61.4 cm³/mol. The number of carboxylic acids is 1. The minimum Gasteiger partial charge on any atom is -0.480 e. The third-order valence-corrected chi connectivity index (χ3v) is 2.04. The predicted octanol–water partition coefficient (Wildman–Crippen LogP) is 0.101. The van der Waals surface area contributed by atoms with E-state index in [1.54, 1.807) is 0 Å². The van der Waals surface area contributed by atoms with Crippen LogP contribution in [0.3, 0.4) is 0 Å². The summed E-state index contributed by atoms with van der Waals surface area (Å²) in [6.07, 6.45) is 1.88. The van der Waals surface area contributed by atoms with Crippen LogP contribution in [0.5, 0.6) is 0 Å². The van der Waals surface area contributed by atoms with E-state index in [1.165, 1.54) is 6.92 Å². The van der Waals surface area contributed by atoms with Crippen LogP contribution in [-0.2, 0) is 4.79 Å². The van der Waals surface area contributed by atoms with E-state index in [1.807, 2.05) is 14.1 Å². The number of carbonyl (C=O) groups is 2. The van der Waals surface area contributed by atoms with E-state index in [-0.39, 0.29) is 0 Å². The van der Waals surface area contributed by atoms with E-state index in [9.17, 15) is 9.59 Å². The summed E-state index contributed by atoms with van der Waals surface area (Å²) in [5, 5.41) is 13.5. The molecule has 0 heterocycles. The average molecular weight is 231 g/mol. The number of rotatable bonds is 7. The van der Waals surface area contributed by atoms with Gasteiger partial charge in [0.2, 0.25) is 0 Å². The van der Waals surface area contributed by atoms with Crippen LogP contribution in [0.2, 0.25) is 0 Å². The van der Waals surface area contributed by atoms with Crippen molar-refractivity contribution in [2.75, 3.05) is 27.2 Å². The summed E-state index contributed by atoms with van der Waals surface area (Å²) in [6, 6.07) is -1.29. The molecule has 0 aliphatic heterocycles. The highest BCUT2D eigenvalue weighted by Crippen LogP contribution is 1.89. The molecule has 0 rings (SSSR count). The van der Waals surface area contributed by atoms with Crippen LogP contribution in [0.4, 0.5) is 4.79 Å². The number of nitrogens with zero attached hydrogens (tertiary/aromatic N) is 1. The fraction of sp³-hybridized carbons (Fsp3) is 0.800. The normalized spacial score (nSPS) is 12.2. The maximum absolute atomic E-state index is 11.2. The number of carbonyl (C=O) groups excluding carboxylic acids is 1. The Kier molecular flexibility index (Phi) is 7.28. The van der Waals surface area contributed by atoms with E-state index in [0.29, 0.717) is 6.54 Å². The fourth-order valence-electron chi connectivity index (χ4n) is 1.06. The molecule has 0 saturated heterocycles. The van der Waals surface area contributed by atoms with E-state index >= 15 is 0 Å². The van der Waals surface area contributed by atoms with Crippen molar-refractivity contribution in [2.45, 2.75) is 25.8 Å². The average Bonchev–Trinajstić information content (AvgIpc) is 2.16. The molecule has 6 heteroatoms. The van der Waals surface area contributed by atoms with Crippen molar-refractivity contribution >= 4 is 12.0 Å². The van der Waals surface area contributed by atoms with Gasteiger partial charge in [-0.1, -0.05) is 0 Å². The standard InChI is InChI=1S/C10H21N3O3/c1-8(9(14)15)12-10(16)11-6-4-5-7-13(2)3/h8H,4-7H2,1-3H3,(H,14,15)(H2,11,12,16)/t8-/m0/s1. The smallest absolute Gasteiger partial charge is 0.325 e. The molecule has 94 valence electrons. The monoisotopic (exact) mass is 231 g/mol. The number of amides is 2. The van der Waals surface area contributed by atoms with Gasteiger partial charge < -0.3 is 20.6 Å². The first-order valence-electron chi connectivity index (χ1n) is 5.35.